The van der Waals surface area contributed by atoms with Gasteiger partial charge in [-0.1, -0.05) is 12.1 Å². The lowest BCUT2D eigenvalue weighted by Crippen LogP contribution is -2.50. The van der Waals surface area contributed by atoms with Crippen LogP contribution in [0.4, 0.5) is 5.82 Å². The number of nitrogens with one attached hydrogen (secondary N) is 1. The van der Waals surface area contributed by atoms with Crippen LogP contribution in [0.15, 0.2) is 43.0 Å². The van der Waals surface area contributed by atoms with Crippen molar-refractivity contribution in [2.45, 2.75) is 24.8 Å². The average molecular weight is 361 g/mol. The van der Waals surface area contributed by atoms with Crippen LogP contribution in [0.5, 0.6) is 0 Å². The molecule has 1 fully saturated rings. The zero-order valence-electron chi connectivity index (χ0n) is 15.6. The number of amides is 1. The highest BCUT2D eigenvalue weighted by Crippen LogP contribution is 2.44. The number of piperidine rings is 1. The van der Waals surface area contributed by atoms with Gasteiger partial charge in [0.05, 0.1) is 12.1 Å². The molecule has 1 saturated heterocycles. The van der Waals surface area contributed by atoms with Gasteiger partial charge >= 0.3 is 0 Å². The fourth-order valence-electron chi connectivity index (χ4n) is 5.00. The second-order valence-corrected chi connectivity index (χ2v) is 7.84. The highest BCUT2D eigenvalue weighted by atomic mass is 16.2. The summed E-state index contributed by atoms with van der Waals surface area (Å²) in [5, 5.41) is 4.33. The number of carbonyl (C=O) groups is 1. The van der Waals surface area contributed by atoms with Crippen LogP contribution in [0.3, 0.4) is 0 Å². The molecule has 27 heavy (non-hydrogen) atoms. The molecule has 2 aromatic heterocycles. The molecule has 0 spiro atoms. The molecule has 1 N–H and O–H groups in total. The van der Waals surface area contributed by atoms with E-state index in [2.05, 4.69) is 63.2 Å². The molecule has 0 unspecified atom stereocenters. The first-order valence-corrected chi connectivity index (χ1v) is 9.45. The molecule has 6 nitrogen and oxygen atoms in total. The Labute approximate surface area is 158 Å². The molecule has 1 aliphatic heterocycles. The molecule has 6 heteroatoms. The summed E-state index contributed by atoms with van der Waals surface area (Å²) in [7, 11) is 4.26. The van der Waals surface area contributed by atoms with Gasteiger partial charge in [0.2, 0.25) is 5.91 Å². The van der Waals surface area contributed by atoms with Gasteiger partial charge in [-0.15, -0.1) is 0 Å². The van der Waals surface area contributed by atoms with E-state index in [0.29, 0.717) is 17.8 Å². The van der Waals surface area contributed by atoms with E-state index in [0.717, 1.165) is 19.4 Å². The zero-order valence-corrected chi connectivity index (χ0v) is 15.6. The second-order valence-electron chi connectivity index (χ2n) is 7.84. The van der Waals surface area contributed by atoms with Gasteiger partial charge in [-0.05, 0) is 37.1 Å². The predicted octanol–water partition coefficient (Wildman–Crippen LogP) is 2.57. The van der Waals surface area contributed by atoms with Crippen LogP contribution in [-0.2, 0) is 18.3 Å². The fraction of sp³-hybridized carbons (Fsp3) is 0.381. The van der Waals surface area contributed by atoms with E-state index in [1.165, 1.54) is 22.0 Å². The van der Waals surface area contributed by atoms with Crippen molar-refractivity contribution in [2.75, 3.05) is 18.9 Å². The van der Waals surface area contributed by atoms with Crippen molar-refractivity contribution < 1.29 is 4.79 Å². The van der Waals surface area contributed by atoms with E-state index in [1.807, 2.05) is 0 Å². The van der Waals surface area contributed by atoms with Crippen LogP contribution in [0.25, 0.3) is 10.9 Å². The first-order valence-electron chi connectivity index (χ1n) is 9.45. The third kappa shape index (κ3) is 2.63. The first-order chi connectivity index (χ1) is 13.1. The highest BCUT2D eigenvalue weighted by Gasteiger charge is 2.41. The van der Waals surface area contributed by atoms with E-state index < -0.39 is 0 Å². The van der Waals surface area contributed by atoms with E-state index in [-0.39, 0.29) is 11.8 Å². The third-order valence-electron chi connectivity index (χ3n) is 6.22. The fourth-order valence-corrected chi connectivity index (χ4v) is 5.00. The molecule has 3 atom stereocenters. The van der Waals surface area contributed by atoms with Crippen LogP contribution >= 0.6 is 0 Å². The van der Waals surface area contributed by atoms with Crippen LogP contribution in [0.1, 0.15) is 23.5 Å². The first kappa shape index (κ1) is 16.4. The maximum absolute atomic E-state index is 12.9. The van der Waals surface area contributed by atoms with Crippen molar-refractivity contribution >= 4 is 22.6 Å². The molecule has 5 rings (SSSR count). The Balaban J connectivity index is 1.47. The summed E-state index contributed by atoms with van der Waals surface area (Å²) >= 11 is 0. The van der Waals surface area contributed by atoms with E-state index >= 15 is 0 Å². The Bertz CT molecular complexity index is 1010. The van der Waals surface area contributed by atoms with Crippen molar-refractivity contribution in [1.82, 2.24) is 19.4 Å². The molecule has 3 heterocycles. The molecule has 0 saturated carbocycles. The Morgan fingerprint density at radius 1 is 1.26 bits per heavy atom. The molecule has 1 aliphatic carbocycles. The topological polar surface area (TPSA) is 63.1 Å². The maximum atomic E-state index is 12.9. The maximum Gasteiger partial charge on any atom is 0.229 e. The number of likely N-dealkylation sites (N-methyl/N-ethyl adjacent to an activating group) is 1. The number of anilines is 1. The number of fused-ring (bicyclic) bond motifs is 2. The molecule has 0 radical (unpaired) electrons. The molecule has 2 aliphatic rings. The summed E-state index contributed by atoms with van der Waals surface area (Å²) in [4.78, 5) is 23.4. The molecule has 0 bridgehead atoms. The molecule has 1 aromatic carbocycles. The summed E-state index contributed by atoms with van der Waals surface area (Å²) in [6, 6.07) is 7.03. The van der Waals surface area contributed by atoms with Crippen molar-refractivity contribution in [3.05, 3.63) is 54.1 Å². The quantitative estimate of drug-likeness (QED) is 0.762. The molecular formula is C21H23N5O. The monoisotopic (exact) mass is 361 g/mol. The van der Waals surface area contributed by atoms with Crippen molar-refractivity contribution in [1.29, 1.82) is 0 Å². The number of benzene rings is 1. The molecule has 1 amide bonds. The van der Waals surface area contributed by atoms with Crippen molar-refractivity contribution in [2.24, 2.45) is 13.0 Å². The summed E-state index contributed by atoms with van der Waals surface area (Å²) < 4.78 is 2.23. The summed E-state index contributed by atoms with van der Waals surface area (Å²) in [6.07, 6.45) is 8.98. The number of hydrogen-bond acceptors (Lipinski definition) is 4. The third-order valence-corrected chi connectivity index (χ3v) is 6.22. The minimum Gasteiger partial charge on any atom is -0.350 e. The molecule has 3 aromatic rings. The van der Waals surface area contributed by atoms with Gasteiger partial charge in [0, 0.05) is 55.0 Å². The van der Waals surface area contributed by atoms with Crippen molar-refractivity contribution in [3.63, 3.8) is 0 Å². The minimum atomic E-state index is -0.0567. The lowest BCUT2D eigenvalue weighted by atomic mass is 9.72. The van der Waals surface area contributed by atoms with Gasteiger partial charge in [-0.2, -0.15) is 0 Å². The van der Waals surface area contributed by atoms with E-state index in [9.17, 15) is 4.79 Å². The van der Waals surface area contributed by atoms with E-state index in [4.69, 9.17) is 0 Å². The Hall–Kier alpha value is -2.73. The predicted molar refractivity (Wildman–Crippen MR) is 105 cm³/mol. The van der Waals surface area contributed by atoms with Gasteiger partial charge in [-0.25, -0.2) is 4.98 Å². The largest absolute Gasteiger partial charge is 0.350 e. The average Bonchev–Trinajstić information content (AvgIpc) is 3.00. The van der Waals surface area contributed by atoms with Gasteiger partial charge in [0.25, 0.3) is 0 Å². The number of aromatic nitrogens is 3. The van der Waals surface area contributed by atoms with Crippen molar-refractivity contribution in [3.8, 4) is 0 Å². The van der Waals surface area contributed by atoms with Gasteiger partial charge < -0.3 is 14.8 Å². The highest BCUT2D eigenvalue weighted by molar-refractivity contribution is 5.92. The van der Waals surface area contributed by atoms with Crippen LogP contribution in [0.2, 0.25) is 0 Å². The number of carbonyl (C=O) groups excluding carboxylic acids is 1. The SMILES string of the molecule is CN1C[C@H](C(=O)Nc2cnccn2)C[C@@H]2c3cccc4c3c(cn4C)C[C@H]21. The number of rotatable bonds is 2. The van der Waals surface area contributed by atoms with Gasteiger partial charge in [-0.3, -0.25) is 9.78 Å². The lowest BCUT2D eigenvalue weighted by molar-refractivity contribution is -0.122. The summed E-state index contributed by atoms with van der Waals surface area (Å²) in [6.45, 7) is 0.769. The summed E-state index contributed by atoms with van der Waals surface area (Å²) in [5.74, 6) is 0.869. The lowest BCUT2D eigenvalue weighted by Gasteiger charge is -2.45. The number of hydrogen-bond donors (Lipinski definition) is 1. The van der Waals surface area contributed by atoms with Gasteiger partial charge in [0.15, 0.2) is 5.82 Å². The smallest absolute Gasteiger partial charge is 0.229 e. The number of aryl methyl sites for hydroxylation is 1. The van der Waals surface area contributed by atoms with Crippen LogP contribution in [-0.4, -0.2) is 45.0 Å². The molecular weight excluding hydrogens is 338 g/mol. The Morgan fingerprint density at radius 2 is 2.15 bits per heavy atom. The van der Waals surface area contributed by atoms with Crippen LogP contribution < -0.4 is 5.32 Å². The van der Waals surface area contributed by atoms with Crippen LogP contribution in [0, 0.1) is 5.92 Å². The zero-order chi connectivity index (χ0) is 18.5. The Morgan fingerprint density at radius 3 is 2.96 bits per heavy atom. The second kappa shape index (κ2) is 6.16. The standard InChI is InChI=1S/C21H23N5O/c1-25-11-13-9-18-16(15-4-3-5-17(25)20(13)15)8-14(12-26(18)2)21(27)24-19-10-22-6-7-23-19/h3-7,10-11,14,16,18H,8-9,12H2,1-2H3,(H,23,24,27)/t14-,16-,18-/m1/s1. The van der Waals surface area contributed by atoms with E-state index in [1.54, 1.807) is 18.6 Å². The van der Waals surface area contributed by atoms with Gasteiger partial charge in [0.1, 0.15) is 0 Å². The Kier molecular flexibility index (Phi) is 3.75. The number of nitrogens with zero attached hydrogens (tertiary/aromatic N) is 4. The minimum absolute atomic E-state index is 0.0341. The number of likely N-dealkylation sites (tertiary alicyclic amines) is 1. The normalized spacial score (nSPS) is 24.6. The summed E-state index contributed by atoms with van der Waals surface area (Å²) in [5.41, 5.74) is 4.11. The molecule has 138 valence electrons.